The molecule has 0 heterocycles. The molecular formula is C12H23NO3. The largest absolute Gasteiger partial charge is 0.480 e. The van der Waals surface area contributed by atoms with Crippen LogP contribution in [0.4, 0.5) is 0 Å². The molecule has 0 saturated heterocycles. The molecule has 0 aromatic carbocycles. The molecular weight excluding hydrogens is 206 g/mol. The normalized spacial score (nSPS) is 15.3. The first kappa shape index (κ1) is 14.9. The van der Waals surface area contributed by atoms with Crippen molar-refractivity contribution in [2.75, 3.05) is 0 Å². The number of amides is 1. The molecule has 0 bridgehead atoms. The summed E-state index contributed by atoms with van der Waals surface area (Å²) in [6.07, 6.45) is 1.30. The van der Waals surface area contributed by atoms with Crippen LogP contribution in [0.5, 0.6) is 0 Å². The minimum Gasteiger partial charge on any atom is -0.480 e. The lowest BCUT2D eigenvalue weighted by Crippen LogP contribution is -2.49. The minimum absolute atomic E-state index is 0.184. The first-order chi connectivity index (χ1) is 7.18. The highest BCUT2D eigenvalue weighted by molar-refractivity contribution is 5.84. The van der Waals surface area contributed by atoms with Gasteiger partial charge in [0.1, 0.15) is 6.04 Å². The summed E-state index contributed by atoms with van der Waals surface area (Å²) >= 11 is 0. The number of hydrogen-bond donors (Lipinski definition) is 2. The molecule has 16 heavy (non-hydrogen) atoms. The van der Waals surface area contributed by atoms with Gasteiger partial charge in [-0.3, -0.25) is 4.79 Å². The number of nitrogens with one attached hydrogen (secondary N) is 1. The first-order valence-electron chi connectivity index (χ1n) is 5.70. The van der Waals surface area contributed by atoms with Crippen molar-refractivity contribution >= 4 is 11.9 Å². The quantitative estimate of drug-likeness (QED) is 0.758. The van der Waals surface area contributed by atoms with Crippen molar-refractivity contribution in [3.63, 3.8) is 0 Å². The molecule has 0 aliphatic carbocycles. The van der Waals surface area contributed by atoms with E-state index in [4.69, 9.17) is 5.11 Å². The Morgan fingerprint density at radius 2 is 1.81 bits per heavy atom. The second-order valence-corrected chi connectivity index (χ2v) is 5.42. The number of rotatable bonds is 5. The monoisotopic (exact) mass is 229 g/mol. The van der Waals surface area contributed by atoms with Crippen molar-refractivity contribution in [3.05, 3.63) is 0 Å². The topological polar surface area (TPSA) is 66.4 Å². The summed E-state index contributed by atoms with van der Waals surface area (Å²) in [6, 6.07) is -0.830. The van der Waals surface area contributed by atoms with Gasteiger partial charge in [-0.2, -0.15) is 0 Å². The maximum atomic E-state index is 11.6. The molecule has 0 saturated carbocycles. The maximum absolute atomic E-state index is 11.6. The van der Waals surface area contributed by atoms with Crippen LogP contribution in [0.3, 0.4) is 0 Å². The Kier molecular flexibility index (Phi) is 5.48. The van der Waals surface area contributed by atoms with E-state index in [1.54, 1.807) is 20.8 Å². The lowest BCUT2D eigenvalue weighted by Gasteiger charge is -2.28. The van der Waals surface area contributed by atoms with Crippen LogP contribution in [0, 0.1) is 11.3 Å². The first-order valence-corrected chi connectivity index (χ1v) is 5.70. The zero-order valence-electron chi connectivity index (χ0n) is 10.8. The van der Waals surface area contributed by atoms with Gasteiger partial charge in [0.15, 0.2) is 0 Å². The molecule has 0 aromatic rings. The zero-order chi connectivity index (χ0) is 12.9. The molecule has 2 atom stereocenters. The fourth-order valence-electron chi connectivity index (χ4n) is 1.33. The smallest absolute Gasteiger partial charge is 0.326 e. The van der Waals surface area contributed by atoms with Crippen LogP contribution in [0.15, 0.2) is 0 Å². The predicted octanol–water partition coefficient (Wildman–Crippen LogP) is 2.04. The van der Waals surface area contributed by atoms with Crippen molar-refractivity contribution in [2.45, 2.75) is 53.5 Å². The lowest BCUT2D eigenvalue weighted by molar-refractivity contribution is -0.145. The highest BCUT2D eigenvalue weighted by atomic mass is 16.4. The summed E-state index contributed by atoms with van der Waals surface area (Å²) < 4.78 is 0. The van der Waals surface area contributed by atoms with Gasteiger partial charge in [-0.1, -0.05) is 41.0 Å². The minimum atomic E-state index is -0.981. The van der Waals surface area contributed by atoms with Crippen LogP contribution in [0.1, 0.15) is 47.5 Å². The van der Waals surface area contributed by atoms with E-state index in [1.165, 1.54) is 0 Å². The Labute approximate surface area is 97.4 Å². The van der Waals surface area contributed by atoms with Crippen molar-refractivity contribution in [2.24, 2.45) is 11.3 Å². The van der Waals surface area contributed by atoms with Crippen LogP contribution in [0.2, 0.25) is 0 Å². The molecule has 0 fully saturated rings. The van der Waals surface area contributed by atoms with Gasteiger partial charge in [-0.15, -0.1) is 0 Å². The third-order valence-corrected chi connectivity index (χ3v) is 2.65. The summed E-state index contributed by atoms with van der Waals surface area (Å²) in [5.74, 6) is -0.879. The van der Waals surface area contributed by atoms with E-state index < -0.39 is 17.4 Å². The lowest BCUT2D eigenvalue weighted by atomic mass is 9.86. The van der Waals surface area contributed by atoms with Crippen molar-refractivity contribution < 1.29 is 14.7 Å². The van der Waals surface area contributed by atoms with Gasteiger partial charge in [0.25, 0.3) is 0 Å². The fraction of sp³-hybridized carbons (Fsp3) is 0.833. The molecule has 0 aromatic heterocycles. The Morgan fingerprint density at radius 1 is 1.31 bits per heavy atom. The Morgan fingerprint density at radius 3 is 2.12 bits per heavy atom. The number of carboxylic acid groups (broad SMARTS) is 1. The standard InChI is InChI=1S/C12H23NO3/c1-6-8(2)7-9(14)13-10(11(15)16)12(3,4)5/h8,10H,6-7H2,1-5H3,(H,13,14)(H,15,16)/t8?,10-/m0/s1. The van der Waals surface area contributed by atoms with Crippen LogP contribution in [-0.2, 0) is 9.59 Å². The Hall–Kier alpha value is -1.06. The summed E-state index contributed by atoms with van der Waals surface area (Å²) in [5.41, 5.74) is -0.475. The van der Waals surface area contributed by atoms with Gasteiger partial charge in [0.05, 0.1) is 0 Å². The molecule has 2 N–H and O–H groups in total. The van der Waals surface area contributed by atoms with Gasteiger partial charge >= 0.3 is 5.97 Å². The number of aliphatic carboxylic acids is 1. The van der Waals surface area contributed by atoms with E-state index in [1.807, 2.05) is 13.8 Å². The van der Waals surface area contributed by atoms with Crippen LogP contribution >= 0.6 is 0 Å². The maximum Gasteiger partial charge on any atom is 0.326 e. The van der Waals surface area contributed by atoms with Gasteiger partial charge in [0.2, 0.25) is 5.91 Å². The number of hydrogen-bond acceptors (Lipinski definition) is 2. The van der Waals surface area contributed by atoms with Gasteiger partial charge < -0.3 is 10.4 Å². The van der Waals surface area contributed by atoms with Crippen molar-refractivity contribution in [1.29, 1.82) is 0 Å². The third kappa shape index (κ3) is 5.14. The Bertz CT molecular complexity index is 255. The van der Waals surface area contributed by atoms with E-state index in [-0.39, 0.29) is 11.8 Å². The van der Waals surface area contributed by atoms with Crippen LogP contribution in [0.25, 0.3) is 0 Å². The van der Waals surface area contributed by atoms with Crippen molar-refractivity contribution in [1.82, 2.24) is 5.32 Å². The third-order valence-electron chi connectivity index (χ3n) is 2.65. The zero-order valence-corrected chi connectivity index (χ0v) is 10.8. The number of carbonyl (C=O) groups excluding carboxylic acids is 1. The number of carbonyl (C=O) groups is 2. The van der Waals surface area contributed by atoms with Crippen LogP contribution in [-0.4, -0.2) is 23.0 Å². The summed E-state index contributed by atoms with van der Waals surface area (Å²) in [5, 5.41) is 11.6. The summed E-state index contributed by atoms with van der Waals surface area (Å²) in [4.78, 5) is 22.6. The molecule has 94 valence electrons. The van der Waals surface area contributed by atoms with Gasteiger partial charge in [-0.25, -0.2) is 4.79 Å². The molecule has 0 radical (unpaired) electrons. The van der Waals surface area contributed by atoms with E-state index in [0.717, 1.165) is 6.42 Å². The predicted molar refractivity (Wildman–Crippen MR) is 63.1 cm³/mol. The van der Waals surface area contributed by atoms with E-state index in [2.05, 4.69) is 5.32 Å². The molecule has 4 heteroatoms. The average molecular weight is 229 g/mol. The molecule has 0 spiro atoms. The van der Waals surface area contributed by atoms with E-state index >= 15 is 0 Å². The second kappa shape index (κ2) is 5.87. The second-order valence-electron chi connectivity index (χ2n) is 5.42. The van der Waals surface area contributed by atoms with E-state index in [9.17, 15) is 9.59 Å². The molecule has 0 rings (SSSR count). The fourth-order valence-corrected chi connectivity index (χ4v) is 1.33. The summed E-state index contributed by atoms with van der Waals surface area (Å²) in [6.45, 7) is 9.39. The highest BCUT2D eigenvalue weighted by Gasteiger charge is 2.32. The van der Waals surface area contributed by atoms with Gasteiger partial charge in [-0.05, 0) is 11.3 Å². The number of carboxylic acids is 1. The van der Waals surface area contributed by atoms with Crippen molar-refractivity contribution in [3.8, 4) is 0 Å². The molecule has 0 aliphatic heterocycles. The van der Waals surface area contributed by atoms with Crippen LogP contribution < -0.4 is 5.32 Å². The molecule has 1 amide bonds. The highest BCUT2D eigenvalue weighted by Crippen LogP contribution is 2.20. The molecule has 4 nitrogen and oxygen atoms in total. The van der Waals surface area contributed by atoms with E-state index in [0.29, 0.717) is 6.42 Å². The van der Waals surface area contributed by atoms with Gasteiger partial charge in [0, 0.05) is 6.42 Å². The molecule has 0 aliphatic rings. The molecule has 1 unspecified atom stereocenters. The average Bonchev–Trinajstić information content (AvgIpc) is 2.11. The summed E-state index contributed by atoms with van der Waals surface area (Å²) in [7, 11) is 0. The Balaban J connectivity index is 4.43. The SMILES string of the molecule is CCC(C)CC(=O)N[C@@H](C(=O)O)C(C)(C)C.